The van der Waals surface area contributed by atoms with Crippen LogP contribution in [0.5, 0.6) is 0 Å². The maximum absolute atomic E-state index is 6.05. The molecule has 0 saturated carbocycles. The quantitative estimate of drug-likeness (QED) is 0.572. The molecule has 1 aromatic heterocycles. The van der Waals surface area contributed by atoms with Gasteiger partial charge in [-0.25, -0.2) is 0 Å². The van der Waals surface area contributed by atoms with Crippen molar-refractivity contribution in [2.24, 2.45) is 0 Å². The second-order valence-electron chi connectivity index (χ2n) is 4.52. The van der Waals surface area contributed by atoms with E-state index in [4.69, 9.17) is 11.6 Å². The van der Waals surface area contributed by atoms with Crippen LogP contribution in [0, 0.1) is 0 Å². The van der Waals surface area contributed by atoms with E-state index in [1.807, 2.05) is 4.68 Å². The molecule has 1 rings (SSSR count). The van der Waals surface area contributed by atoms with E-state index >= 15 is 0 Å². The molecule has 0 aromatic carbocycles. The number of nitrogens with zero attached hydrogens (tertiary/aromatic N) is 2. The van der Waals surface area contributed by atoms with Crippen molar-refractivity contribution in [1.82, 2.24) is 15.1 Å². The zero-order valence-electron chi connectivity index (χ0n) is 11.1. The van der Waals surface area contributed by atoms with E-state index in [2.05, 4.69) is 43.4 Å². The topological polar surface area (TPSA) is 29.9 Å². The molecule has 0 amide bonds. The number of aromatic nitrogens is 2. The van der Waals surface area contributed by atoms with Crippen LogP contribution in [0.4, 0.5) is 0 Å². The molecule has 0 bridgehead atoms. The SMILES string of the molecule is CCC(Cl)CCNCc1ccn(C(C)CC)n1. The zero-order chi connectivity index (χ0) is 12.7. The zero-order valence-corrected chi connectivity index (χ0v) is 11.9. The third-order valence-electron chi connectivity index (χ3n) is 3.09. The van der Waals surface area contributed by atoms with Crippen molar-refractivity contribution in [3.05, 3.63) is 18.0 Å². The third kappa shape index (κ3) is 5.09. The number of alkyl halides is 1. The molecular weight excluding hydrogens is 234 g/mol. The molecule has 1 aromatic rings. The van der Waals surface area contributed by atoms with E-state index in [0.29, 0.717) is 11.4 Å². The van der Waals surface area contributed by atoms with Gasteiger partial charge in [-0.1, -0.05) is 13.8 Å². The monoisotopic (exact) mass is 257 g/mol. The van der Waals surface area contributed by atoms with Crippen molar-refractivity contribution >= 4 is 11.6 Å². The molecule has 4 heteroatoms. The van der Waals surface area contributed by atoms with Gasteiger partial charge < -0.3 is 5.32 Å². The molecule has 0 aliphatic carbocycles. The van der Waals surface area contributed by atoms with Gasteiger partial charge in [0.15, 0.2) is 0 Å². The number of hydrogen-bond donors (Lipinski definition) is 1. The molecule has 2 atom stereocenters. The minimum atomic E-state index is 0.292. The standard InChI is InChI=1S/C13H24ClN3/c1-4-11(3)17-9-7-13(16-17)10-15-8-6-12(14)5-2/h7,9,11-12,15H,4-6,8,10H2,1-3H3. The Balaban J connectivity index is 2.25. The Morgan fingerprint density at radius 2 is 2.18 bits per heavy atom. The summed E-state index contributed by atoms with van der Waals surface area (Å²) < 4.78 is 2.04. The van der Waals surface area contributed by atoms with Gasteiger partial charge >= 0.3 is 0 Å². The lowest BCUT2D eigenvalue weighted by Gasteiger charge is -2.08. The Kier molecular flexibility index (Phi) is 6.60. The Hall–Kier alpha value is -0.540. The predicted molar refractivity (Wildman–Crippen MR) is 73.5 cm³/mol. The summed E-state index contributed by atoms with van der Waals surface area (Å²) in [5, 5.41) is 8.21. The molecule has 0 radical (unpaired) electrons. The summed E-state index contributed by atoms with van der Waals surface area (Å²) in [6.07, 6.45) is 5.22. The smallest absolute Gasteiger partial charge is 0.0762 e. The molecule has 1 N–H and O–H groups in total. The second-order valence-corrected chi connectivity index (χ2v) is 5.13. The third-order valence-corrected chi connectivity index (χ3v) is 3.62. The molecule has 98 valence electrons. The van der Waals surface area contributed by atoms with Crippen molar-refractivity contribution in [1.29, 1.82) is 0 Å². The minimum absolute atomic E-state index is 0.292. The molecule has 0 aliphatic heterocycles. The summed E-state index contributed by atoms with van der Waals surface area (Å²) >= 11 is 6.05. The Morgan fingerprint density at radius 1 is 1.41 bits per heavy atom. The van der Waals surface area contributed by atoms with Gasteiger partial charge in [0.1, 0.15) is 0 Å². The summed E-state index contributed by atoms with van der Waals surface area (Å²) in [6, 6.07) is 2.56. The van der Waals surface area contributed by atoms with Crippen molar-refractivity contribution in [2.75, 3.05) is 6.54 Å². The number of nitrogens with one attached hydrogen (secondary N) is 1. The average molecular weight is 258 g/mol. The van der Waals surface area contributed by atoms with Crippen LogP contribution in [0.25, 0.3) is 0 Å². The Morgan fingerprint density at radius 3 is 2.82 bits per heavy atom. The van der Waals surface area contributed by atoms with Gasteiger partial charge in [0.2, 0.25) is 0 Å². The van der Waals surface area contributed by atoms with E-state index in [1.54, 1.807) is 0 Å². The Labute approximate surface area is 110 Å². The molecule has 17 heavy (non-hydrogen) atoms. The van der Waals surface area contributed by atoms with Gasteiger partial charge in [0, 0.05) is 24.2 Å². The van der Waals surface area contributed by atoms with Crippen LogP contribution < -0.4 is 5.32 Å². The normalized spacial score (nSPS) is 14.8. The van der Waals surface area contributed by atoms with Crippen LogP contribution >= 0.6 is 11.6 Å². The molecule has 0 fully saturated rings. The van der Waals surface area contributed by atoms with Gasteiger partial charge in [-0.15, -0.1) is 11.6 Å². The van der Waals surface area contributed by atoms with Crippen LogP contribution in [0.15, 0.2) is 12.3 Å². The summed E-state index contributed by atoms with van der Waals surface area (Å²) in [6.45, 7) is 8.26. The molecule has 2 unspecified atom stereocenters. The molecule has 0 saturated heterocycles. The minimum Gasteiger partial charge on any atom is -0.311 e. The van der Waals surface area contributed by atoms with Crippen LogP contribution in [0.2, 0.25) is 0 Å². The lowest BCUT2D eigenvalue weighted by molar-refractivity contribution is 0.471. The fraction of sp³-hybridized carbons (Fsp3) is 0.769. The lowest BCUT2D eigenvalue weighted by Crippen LogP contribution is -2.18. The molecule has 1 heterocycles. The van der Waals surface area contributed by atoms with E-state index in [-0.39, 0.29) is 0 Å². The lowest BCUT2D eigenvalue weighted by atomic mass is 10.2. The van der Waals surface area contributed by atoms with Gasteiger partial charge in [-0.05, 0) is 38.8 Å². The fourth-order valence-corrected chi connectivity index (χ4v) is 1.69. The Bertz CT molecular complexity index is 311. The first-order valence-corrected chi connectivity index (χ1v) is 6.99. The van der Waals surface area contributed by atoms with Gasteiger partial charge in [0.05, 0.1) is 5.69 Å². The molecule has 0 spiro atoms. The first kappa shape index (κ1) is 14.5. The van der Waals surface area contributed by atoms with Crippen molar-refractivity contribution < 1.29 is 0 Å². The van der Waals surface area contributed by atoms with Crippen LogP contribution in [-0.4, -0.2) is 21.7 Å². The number of hydrogen-bond acceptors (Lipinski definition) is 2. The van der Waals surface area contributed by atoms with Crippen molar-refractivity contribution in [2.45, 2.75) is 58.0 Å². The summed E-state index contributed by atoms with van der Waals surface area (Å²) in [5.74, 6) is 0. The molecular formula is C13H24ClN3. The van der Waals surface area contributed by atoms with Gasteiger partial charge in [-0.2, -0.15) is 5.10 Å². The maximum Gasteiger partial charge on any atom is 0.0762 e. The first-order valence-electron chi connectivity index (χ1n) is 6.56. The average Bonchev–Trinajstić information content (AvgIpc) is 2.82. The summed E-state index contributed by atoms with van der Waals surface area (Å²) in [7, 11) is 0. The highest BCUT2D eigenvalue weighted by Gasteiger charge is 2.04. The van der Waals surface area contributed by atoms with Crippen molar-refractivity contribution in [3.63, 3.8) is 0 Å². The first-order chi connectivity index (χ1) is 8.17. The summed E-state index contributed by atoms with van der Waals surface area (Å²) in [4.78, 5) is 0. The van der Waals surface area contributed by atoms with E-state index in [0.717, 1.165) is 38.0 Å². The molecule has 3 nitrogen and oxygen atoms in total. The maximum atomic E-state index is 6.05. The highest BCUT2D eigenvalue weighted by molar-refractivity contribution is 6.20. The van der Waals surface area contributed by atoms with Gasteiger partial charge in [0.25, 0.3) is 0 Å². The van der Waals surface area contributed by atoms with E-state index in [9.17, 15) is 0 Å². The van der Waals surface area contributed by atoms with Crippen LogP contribution in [0.3, 0.4) is 0 Å². The van der Waals surface area contributed by atoms with Crippen molar-refractivity contribution in [3.8, 4) is 0 Å². The van der Waals surface area contributed by atoms with Gasteiger partial charge in [-0.3, -0.25) is 4.68 Å². The largest absolute Gasteiger partial charge is 0.311 e. The fourth-order valence-electron chi connectivity index (χ4n) is 1.58. The second kappa shape index (κ2) is 7.72. The predicted octanol–water partition coefficient (Wildman–Crippen LogP) is 3.35. The van der Waals surface area contributed by atoms with Crippen LogP contribution in [-0.2, 0) is 6.54 Å². The van der Waals surface area contributed by atoms with Crippen LogP contribution in [0.1, 0.15) is 51.8 Å². The number of halogens is 1. The van der Waals surface area contributed by atoms with E-state index < -0.39 is 0 Å². The highest BCUT2D eigenvalue weighted by Crippen LogP contribution is 2.09. The molecule has 0 aliphatic rings. The summed E-state index contributed by atoms with van der Waals surface area (Å²) in [5.41, 5.74) is 1.10. The van der Waals surface area contributed by atoms with E-state index in [1.165, 1.54) is 0 Å². The number of rotatable bonds is 8. The highest BCUT2D eigenvalue weighted by atomic mass is 35.5.